The van der Waals surface area contributed by atoms with Gasteiger partial charge in [-0.2, -0.15) is 8.78 Å². The molecular weight excluding hydrogens is 257 g/mol. The number of nitrogens with two attached hydrogens (primary N) is 1. The third-order valence-corrected chi connectivity index (χ3v) is 3.21. The van der Waals surface area contributed by atoms with Crippen LogP contribution in [0.3, 0.4) is 0 Å². The highest BCUT2D eigenvalue weighted by atomic mass is 32.2. The monoisotopic (exact) mass is 264 g/mol. The number of rotatable bonds is 2. The molecule has 92 valence electrons. The molecule has 0 bridgehead atoms. The quantitative estimate of drug-likeness (QED) is 0.899. The van der Waals surface area contributed by atoms with Gasteiger partial charge in [-0.05, 0) is 12.1 Å². The van der Waals surface area contributed by atoms with Crippen molar-refractivity contribution in [2.45, 2.75) is 11.4 Å². The van der Waals surface area contributed by atoms with E-state index in [0.29, 0.717) is 10.8 Å². The number of fused-ring (bicyclic) bond motifs is 1. The summed E-state index contributed by atoms with van der Waals surface area (Å²) in [6.07, 6.45) is 0.633. The summed E-state index contributed by atoms with van der Waals surface area (Å²) >= 11 is 0. The van der Waals surface area contributed by atoms with Crippen LogP contribution >= 0.6 is 0 Å². The minimum absolute atomic E-state index is 0.218. The lowest BCUT2D eigenvalue weighted by Crippen LogP contribution is -2.12. The zero-order chi connectivity index (χ0) is 12.8. The van der Waals surface area contributed by atoms with E-state index in [1.54, 1.807) is 0 Å². The Labute approximate surface area is 94.5 Å². The molecule has 4 nitrogen and oxygen atoms in total. The molecule has 0 saturated carbocycles. The van der Waals surface area contributed by atoms with E-state index in [-0.39, 0.29) is 5.52 Å². The van der Waals surface area contributed by atoms with E-state index in [1.165, 1.54) is 12.1 Å². The van der Waals surface area contributed by atoms with Gasteiger partial charge in [0.25, 0.3) is 0 Å². The number of aromatic nitrogens is 1. The maximum absolute atomic E-state index is 13.5. The van der Waals surface area contributed by atoms with E-state index in [2.05, 4.69) is 0 Å². The molecule has 0 radical (unpaired) electrons. The average Bonchev–Trinajstić information content (AvgIpc) is 2.57. The van der Waals surface area contributed by atoms with Gasteiger partial charge in [0.2, 0.25) is 10.0 Å². The first-order valence-corrected chi connectivity index (χ1v) is 5.97. The molecule has 0 atom stereocenters. The Hall–Kier alpha value is -1.54. The summed E-state index contributed by atoms with van der Waals surface area (Å²) in [5, 5.41) is 4.43. The van der Waals surface area contributed by atoms with Crippen LogP contribution < -0.4 is 5.14 Å². The third-order valence-electron chi connectivity index (χ3n) is 2.29. The largest absolute Gasteiger partial charge is 0.319 e. The first-order chi connectivity index (χ1) is 7.82. The van der Waals surface area contributed by atoms with Crippen LogP contribution in [-0.4, -0.2) is 13.0 Å². The molecule has 2 N–H and O–H groups in total. The SMILES string of the molecule is NS(=O)(=O)c1cn(C(F)F)c2cccc(F)c12. The fourth-order valence-corrected chi connectivity index (χ4v) is 2.36. The maximum Gasteiger partial charge on any atom is 0.319 e. The zero-order valence-corrected chi connectivity index (χ0v) is 9.09. The van der Waals surface area contributed by atoms with Crippen molar-refractivity contribution in [3.63, 3.8) is 0 Å². The molecule has 1 heterocycles. The Morgan fingerprint density at radius 1 is 1.29 bits per heavy atom. The van der Waals surface area contributed by atoms with Gasteiger partial charge in [0.15, 0.2) is 0 Å². The van der Waals surface area contributed by atoms with Crippen molar-refractivity contribution >= 4 is 20.9 Å². The fourth-order valence-electron chi connectivity index (χ4n) is 1.61. The van der Waals surface area contributed by atoms with E-state index in [4.69, 9.17) is 5.14 Å². The summed E-state index contributed by atoms with van der Waals surface area (Å²) in [6, 6.07) is 3.38. The number of sulfonamides is 1. The standard InChI is InChI=1S/C9H7F3N2O2S/c10-5-2-1-3-6-8(5)7(17(13,15)16)4-14(6)9(11)12/h1-4,9H,(H2,13,15,16). The lowest BCUT2D eigenvalue weighted by atomic mass is 10.2. The van der Waals surface area contributed by atoms with Crippen molar-refractivity contribution in [3.8, 4) is 0 Å². The highest BCUT2D eigenvalue weighted by molar-refractivity contribution is 7.89. The minimum Gasteiger partial charge on any atom is -0.290 e. The smallest absolute Gasteiger partial charge is 0.290 e. The number of hydrogen-bond donors (Lipinski definition) is 1. The van der Waals surface area contributed by atoms with Gasteiger partial charge < -0.3 is 0 Å². The number of nitrogens with zero attached hydrogens (tertiary/aromatic N) is 1. The minimum atomic E-state index is -4.26. The second kappa shape index (κ2) is 3.74. The van der Waals surface area contributed by atoms with Crippen LogP contribution in [0.4, 0.5) is 13.2 Å². The van der Waals surface area contributed by atoms with Crippen LogP contribution in [0, 0.1) is 5.82 Å². The lowest BCUT2D eigenvalue weighted by Gasteiger charge is -2.01. The normalized spacial score (nSPS) is 12.5. The lowest BCUT2D eigenvalue weighted by molar-refractivity contribution is 0.0748. The molecule has 0 unspecified atom stereocenters. The van der Waals surface area contributed by atoms with Crippen LogP contribution in [0.15, 0.2) is 29.3 Å². The molecule has 0 saturated heterocycles. The van der Waals surface area contributed by atoms with Crippen LogP contribution in [0.5, 0.6) is 0 Å². The van der Waals surface area contributed by atoms with E-state index >= 15 is 0 Å². The molecule has 0 aliphatic carbocycles. The van der Waals surface area contributed by atoms with Gasteiger partial charge in [0, 0.05) is 6.20 Å². The summed E-state index contributed by atoms with van der Waals surface area (Å²) in [7, 11) is -4.26. The predicted octanol–water partition coefficient (Wildman–Crippen LogP) is 1.82. The van der Waals surface area contributed by atoms with Crippen LogP contribution in [0.25, 0.3) is 10.9 Å². The van der Waals surface area contributed by atoms with E-state index in [9.17, 15) is 21.6 Å². The fraction of sp³-hybridized carbons (Fsp3) is 0.111. The summed E-state index contributed by atoms with van der Waals surface area (Å²) in [6.45, 7) is -2.98. The maximum atomic E-state index is 13.5. The number of primary sulfonamides is 1. The average molecular weight is 264 g/mol. The van der Waals surface area contributed by atoms with Gasteiger partial charge in [0.1, 0.15) is 10.7 Å². The summed E-state index contributed by atoms with van der Waals surface area (Å²) in [4.78, 5) is -0.647. The molecule has 2 rings (SSSR count). The van der Waals surface area contributed by atoms with Crippen LogP contribution in [0.2, 0.25) is 0 Å². The second-order valence-electron chi connectivity index (χ2n) is 3.36. The molecule has 8 heteroatoms. The molecule has 0 fully saturated rings. The molecule has 2 aromatic rings. The Balaban J connectivity index is 2.96. The van der Waals surface area contributed by atoms with Crippen molar-refractivity contribution in [3.05, 3.63) is 30.2 Å². The second-order valence-corrected chi connectivity index (χ2v) is 4.89. The Morgan fingerprint density at radius 3 is 2.47 bits per heavy atom. The summed E-state index contributed by atoms with van der Waals surface area (Å²) < 4.78 is 61.5. The van der Waals surface area contributed by atoms with Gasteiger partial charge in [0.05, 0.1) is 10.9 Å². The summed E-state index contributed by atoms with van der Waals surface area (Å²) in [5.41, 5.74) is -0.218. The molecular formula is C9H7F3N2O2S. The van der Waals surface area contributed by atoms with Crippen molar-refractivity contribution in [1.82, 2.24) is 4.57 Å². The molecule has 1 aromatic heterocycles. The molecule has 0 amide bonds. The van der Waals surface area contributed by atoms with E-state index in [1.807, 2.05) is 0 Å². The molecule has 0 spiro atoms. The van der Waals surface area contributed by atoms with Crippen molar-refractivity contribution in [2.24, 2.45) is 5.14 Å². The molecule has 17 heavy (non-hydrogen) atoms. The van der Waals surface area contributed by atoms with Crippen LogP contribution in [-0.2, 0) is 10.0 Å². The van der Waals surface area contributed by atoms with Gasteiger partial charge in [-0.3, -0.25) is 4.57 Å². The predicted molar refractivity (Wildman–Crippen MR) is 54.5 cm³/mol. The number of benzene rings is 1. The molecule has 0 aliphatic heterocycles. The Bertz CT molecular complexity index is 679. The zero-order valence-electron chi connectivity index (χ0n) is 8.27. The van der Waals surface area contributed by atoms with E-state index < -0.39 is 32.7 Å². The van der Waals surface area contributed by atoms with E-state index in [0.717, 1.165) is 6.07 Å². The van der Waals surface area contributed by atoms with Gasteiger partial charge in [-0.15, -0.1) is 0 Å². The van der Waals surface area contributed by atoms with Gasteiger partial charge in [-0.25, -0.2) is 17.9 Å². The third kappa shape index (κ3) is 1.89. The number of alkyl halides is 2. The van der Waals surface area contributed by atoms with Gasteiger partial charge in [-0.1, -0.05) is 6.07 Å². The van der Waals surface area contributed by atoms with Gasteiger partial charge >= 0.3 is 6.55 Å². The first kappa shape index (κ1) is 11.9. The Morgan fingerprint density at radius 2 is 1.94 bits per heavy atom. The highest BCUT2D eigenvalue weighted by Gasteiger charge is 2.22. The topological polar surface area (TPSA) is 65.1 Å². The van der Waals surface area contributed by atoms with Crippen molar-refractivity contribution in [2.75, 3.05) is 0 Å². The van der Waals surface area contributed by atoms with Crippen molar-refractivity contribution < 1.29 is 21.6 Å². The Kier molecular flexibility index (Phi) is 2.63. The number of halogens is 3. The summed E-state index contributed by atoms with van der Waals surface area (Å²) in [5.74, 6) is -0.911. The van der Waals surface area contributed by atoms with Crippen LogP contribution in [0.1, 0.15) is 6.55 Å². The highest BCUT2D eigenvalue weighted by Crippen LogP contribution is 2.30. The number of hydrogen-bond acceptors (Lipinski definition) is 2. The molecule has 1 aromatic carbocycles. The molecule has 0 aliphatic rings. The van der Waals surface area contributed by atoms with Crippen molar-refractivity contribution in [1.29, 1.82) is 0 Å². The first-order valence-electron chi connectivity index (χ1n) is 4.42.